The smallest absolute Gasteiger partial charge is 0.335 e. The number of aromatic carboxylic acids is 1. The molecule has 3 aromatic rings. The molecule has 33 heavy (non-hydrogen) atoms. The van der Waals surface area contributed by atoms with Crippen LogP contribution in [0.3, 0.4) is 0 Å². The lowest BCUT2D eigenvalue weighted by Crippen LogP contribution is -2.51. The van der Waals surface area contributed by atoms with Crippen molar-refractivity contribution in [2.75, 3.05) is 11.9 Å². The quantitative estimate of drug-likeness (QED) is 0.519. The van der Waals surface area contributed by atoms with Gasteiger partial charge >= 0.3 is 5.97 Å². The molecule has 1 heterocycles. The van der Waals surface area contributed by atoms with Crippen molar-refractivity contribution in [3.8, 4) is 0 Å². The van der Waals surface area contributed by atoms with E-state index in [0.717, 1.165) is 16.7 Å². The molecule has 0 aliphatic carbocycles. The number of benzene rings is 3. The normalized spacial score (nSPS) is 13.8. The molecule has 7 nitrogen and oxygen atoms in total. The van der Waals surface area contributed by atoms with Gasteiger partial charge in [0.2, 0.25) is 5.91 Å². The summed E-state index contributed by atoms with van der Waals surface area (Å²) in [6.07, 6.45) is 1.00. The molecule has 1 aliphatic rings. The Bertz CT molecular complexity index is 1180. The van der Waals surface area contributed by atoms with Gasteiger partial charge in [-0.25, -0.2) is 4.79 Å². The fourth-order valence-electron chi connectivity index (χ4n) is 4.09. The number of nitrogens with one attached hydrogen (secondary N) is 1. The maximum Gasteiger partial charge on any atom is 0.335 e. The average molecular weight is 444 g/mol. The maximum absolute atomic E-state index is 13.4. The molecule has 0 radical (unpaired) electrons. The number of amides is 2. The summed E-state index contributed by atoms with van der Waals surface area (Å²) in [6, 6.07) is 20.4. The predicted molar refractivity (Wildman–Crippen MR) is 125 cm³/mol. The molecule has 168 valence electrons. The second-order valence-corrected chi connectivity index (χ2v) is 8.02. The Labute approximate surface area is 191 Å². The Morgan fingerprint density at radius 2 is 1.73 bits per heavy atom. The van der Waals surface area contributed by atoms with Crippen molar-refractivity contribution in [1.82, 2.24) is 4.90 Å². The molecule has 7 heteroatoms. The van der Waals surface area contributed by atoms with Gasteiger partial charge in [0.05, 0.1) is 5.56 Å². The molecule has 0 spiro atoms. The third-order valence-electron chi connectivity index (χ3n) is 5.87. The van der Waals surface area contributed by atoms with Crippen LogP contribution in [0.2, 0.25) is 0 Å². The van der Waals surface area contributed by atoms with Crippen molar-refractivity contribution in [2.45, 2.75) is 25.4 Å². The number of nitrogens with zero attached hydrogens (tertiary/aromatic N) is 1. The van der Waals surface area contributed by atoms with Crippen molar-refractivity contribution in [1.29, 1.82) is 0 Å². The molecule has 4 rings (SSSR count). The van der Waals surface area contributed by atoms with Gasteiger partial charge in [-0.1, -0.05) is 42.5 Å². The van der Waals surface area contributed by atoms with Crippen molar-refractivity contribution in [3.63, 3.8) is 0 Å². The molecule has 0 bridgehead atoms. The number of carbonyl (C=O) groups excluding carboxylic acids is 2. The highest BCUT2D eigenvalue weighted by Gasteiger charge is 2.34. The number of carboxylic acid groups (broad SMARTS) is 1. The van der Waals surface area contributed by atoms with Crippen LogP contribution in [0, 0.1) is 0 Å². The van der Waals surface area contributed by atoms with Gasteiger partial charge in [0.1, 0.15) is 6.04 Å². The number of hydrogen-bond donors (Lipinski definition) is 3. The van der Waals surface area contributed by atoms with E-state index < -0.39 is 12.0 Å². The molecular weight excluding hydrogens is 418 g/mol. The summed E-state index contributed by atoms with van der Waals surface area (Å²) in [4.78, 5) is 39.4. The molecule has 3 aromatic carbocycles. The second-order valence-electron chi connectivity index (χ2n) is 8.02. The summed E-state index contributed by atoms with van der Waals surface area (Å²) in [7, 11) is 0. The van der Waals surface area contributed by atoms with Crippen LogP contribution in [0.4, 0.5) is 5.69 Å². The van der Waals surface area contributed by atoms with Gasteiger partial charge in [0.15, 0.2) is 0 Å². The first-order chi connectivity index (χ1) is 16.0. The SMILES string of the molecule is NCc1ccc2c(c1)CCN([C@@H](Cc1ccccc1)C(=O)Nc1ccc(C(=O)O)cc1)C2=O. The number of carbonyl (C=O) groups is 3. The van der Waals surface area contributed by atoms with Gasteiger partial charge in [-0.15, -0.1) is 0 Å². The Balaban J connectivity index is 1.61. The highest BCUT2D eigenvalue weighted by molar-refractivity contribution is 6.02. The first kappa shape index (κ1) is 22.2. The molecular formula is C26H25N3O4. The Morgan fingerprint density at radius 3 is 2.39 bits per heavy atom. The largest absolute Gasteiger partial charge is 0.478 e. The fraction of sp³-hybridized carbons (Fsp3) is 0.192. The topological polar surface area (TPSA) is 113 Å². The van der Waals surface area contributed by atoms with Crippen LogP contribution in [-0.2, 0) is 24.2 Å². The van der Waals surface area contributed by atoms with E-state index in [1.165, 1.54) is 12.1 Å². The summed E-state index contributed by atoms with van der Waals surface area (Å²) in [6.45, 7) is 0.827. The van der Waals surface area contributed by atoms with Crippen LogP contribution >= 0.6 is 0 Å². The van der Waals surface area contributed by atoms with Gasteiger partial charge < -0.3 is 21.1 Å². The molecule has 1 atom stereocenters. The lowest BCUT2D eigenvalue weighted by atomic mass is 9.94. The number of fused-ring (bicyclic) bond motifs is 1. The summed E-state index contributed by atoms with van der Waals surface area (Å²) in [5, 5.41) is 11.9. The lowest BCUT2D eigenvalue weighted by molar-refractivity contribution is -0.120. The van der Waals surface area contributed by atoms with E-state index in [1.807, 2.05) is 42.5 Å². The van der Waals surface area contributed by atoms with Crippen LogP contribution in [0.25, 0.3) is 0 Å². The van der Waals surface area contributed by atoms with E-state index in [2.05, 4.69) is 5.32 Å². The van der Waals surface area contributed by atoms with Gasteiger partial charge in [-0.05, 0) is 53.4 Å². The van der Waals surface area contributed by atoms with Crippen LogP contribution in [-0.4, -0.2) is 40.4 Å². The monoisotopic (exact) mass is 443 g/mol. The molecule has 2 amide bonds. The molecule has 0 aromatic heterocycles. The van der Waals surface area contributed by atoms with E-state index in [9.17, 15) is 14.4 Å². The van der Waals surface area contributed by atoms with E-state index in [4.69, 9.17) is 10.8 Å². The molecule has 0 unspecified atom stereocenters. The summed E-state index contributed by atoms with van der Waals surface area (Å²) < 4.78 is 0. The minimum Gasteiger partial charge on any atom is -0.478 e. The van der Waals surface area contributed by atoms with Gasteiger partial charge in [0, 0.05) is 30.8 Å². The number of nitrogens with two attached hydrogens (primary N) is 1. The predicted octanol–water partition coefficient (Wildman–Crippen LogP) is 3.09. The first-order valence-electron chi connectivity index (χ1n) is 10.8. The first-order valence-corrected chi connectivity index (χ1v) is 10.8. The minimum absolute atomic E-state index is 0.133. The number of hydrogen-bond acceptors (Lipinski definition) is 4. The molecule has 4 N–H and O–H groups in total. The molecule has 1 aliphatic heterocycles. The van der Waals surface area contributed by atoms with Crippen molar-refractivity contribution >= 4 is 23.5 Å². The average Bonchev–Trinajstić information content (AvgIpc) is 2.84. The Kier molecular flexibility index (Phi) is 6.51. The maximum atomic E-state index is 13.4. The van der Waals surface area contributed by atoms with Crippen LogP contribution in [0.1, 0.15) is 37.4 Å². The second kappa shape index (κ2) is 9.67. The lowest BCUT2D eigenvalue weighted by Gasteiger charge is -2.35. The molecule has 0 saturated carbocycles. The van der Waals surface area contributed by atoms with Crippen molar-refractivity contribution in [2.24, 2.45) is 5.73 Å². The van der Waals surface area contributed by atoms with Crippen molar-refractivity contribution < 1.29 is 19.5 Å². The summed E-state index contributed by atoms with van der Waals surface area (Å²) >= 11 is 0. The third-order valence-corrected chi connectivity index (χ3v) is 5.87. The summed E-state index contributed by atoms with van der Waals surface area (Å²) in [5.74, 6) is -1.54. The van der Waals surface area contributed by atoms with Crippen LogP contribution in [0.15, 0.2) is 72.8 Å². The highest BCUT2D eigenvalue weighted by atomic mass is 16.4. The van der Waals surface area contributed by atoms with E-state index in [0.29, 0.717) is 37.2 Å². The number of rotatable bonds is 7. The summed E-state index contributed by atoms with van der Waals surface area (Å²) in [5.41, 5.74) is 9.79. The zero-order chi connectivity index (χ0) is 23.4. The zero-order valence-electron chi connectivity index (χ0n) is 18.0. The van der Waals surface area contributed by atoms with Gasteiger partial charge in [-0.3, -0.25) is 9.59 Å². The van der Waals surface area contributed by atoms with E-state index in [1.54, 1.807) is 23.1 Å². The Morgan fingerprint density at radius 1 is 1.00 bits per heavy atom. The van der Waals surface area contributed by atoms with Gasteiger partial charge in [0.25, 0.3) is 5.91 Å². The van der Waals surface area contributed by atoms with Crippen LogP contribution < -0.4 is 11.1 Å². The zero-order valence-corrected chi connectivity index (χ0v) is 18.0. The fourth-order valence-corrected chi connectivity index (χ4v) is 4.09. The van der Waals surface area contributed by atoms with E-state index in [-0.39, 0.29) is 17.4 Å². The minimum atomic E-state index is -1.04. The molecule has 0 fully saturated rings. The number of anilines is 1. The molecule has 0 saturated heterocycles. The standard InChI is InChI=1S/C26H25N3O4/c27-16-18-6-11-22-20(14-18)12-13-29(25(22)31)23(15-17-4-2-1-3-5-17)24(30)28-21-9-7-19(8-10-21)26(32)33/h1-11,14,23H,12-13,15-16,27H2,(H,28,30)(H,32,33)/t23-/m0/s1. The van der Waals surface area contributed by atoms with Gasteiger partial charge in [-0.2, -0.15) is 0 Å². The van der Waals surface area contributed by atoms with E-state index >= 15 is 0 Å². The van der Waals surface area contributed by atoms with Crippen LogP contribution in [0.5, 0.6) is 0 Å². The highest BCUT2D eigenvalue weighted by Crippen LogP contribution is 2.24. The van der Waals surface area contributed by atoms with Crippen molar-refractivity contribution in [3.05, 3.63) is 101 Å². The third kappa shape index (κ3) is 4.94. The number of carboxylic acids is 1. The Hall–Kier alpha value is -3.97.